The molecule has 0 aliphatic rings. The van der Waals surface area contributed by atoms with E-state index in [0.717, 1.165) is 11.3 Å². The highest BCUT2D eigenvalue weighted by atomic mass is 32.1. The molecule has 3 rings (SSSR count). The molecule has 2 heterocycles. The molecule has 2 aromatic heterocycles. The highest BCUT2D eigenvalue weighted by molar-refractivity contribution is 7.15. The van der Waals surface area contributed by atoms with Crippen LogP contribution >= 0.6 is 11.3 Å². The van der Waals surface area contributed by atoms with E-state index in [2.05, 4.69) is 26.0 Å². The molecule has 0 bridgehead atoms. The lowest BCUT2D eigenvalue weighted by atomic mass is 10.2. The maximum absolute atomic E-state index is 12.0. The van der Waals surface area contributed by atoms with E-state index in [9.17, 15) is 9.59 Å². The summed E-state index contributed by atoms with van der Waals surface area (Å²) in [6, 6.07) is 12.2. The molecule has 0 radical (unpaired) electrons. The summed E-state index contributed by atoms with van der Waals surface area (Å²) in [5.74, 6) is -0.0992. The van der Waals surface area contributed by atoms with Gasteiger partial charge in [-0.1, -0.05) is 29.5 Å². The Morgan fingerprint density at radius 3 is 2.76 bits per heavy atom. The number of hydrogen-bond acceptors (Lipinski definition) is 7. The van der Waals surface area contributed by atoms with E-state index in [-0.39, 0.29) is 18.2 Å². The van der Waals surface area contributed by atoms with Gasteiger partial charge >= 0.3 is 0 Å². The van der Waals surface area contributed by atoms with E-state index in [4.69, 9.17) is 4.42 Å². The van der Waals surface area contributed by atoms with Gasteiger partial charge in [0.1, 0.15) is 10.8 Å². The summed E-state index contributed by atoms with van der Waals surface area (Å²) in [5, 5.41) is 15.0. The van der Waals surface area contributed by atoms with Crippen molar-refractivity contribution >= 4 is 34.5 Å². The zero-order valence-corrected chi connectivity index (χ0v) is 13.7. The van der Waals surface area contributed by atoms with E-state index in [1.165, 1.54) is 12.5 Å². The second-order valence-corrected chi connectivity index (χ2v) is 5.87. The van der Waals surface area contributed by atoms with Gasteiger partial charge in [-0.3, -0.25) is 14.9 Å². The van der Waals surface area contributed by atoms with E-state index >= 15 is 0 Å². The lowest BCUT2D eigenvalue weighted by molar-refractivity contribution is -0.120. The second kappa shape index (κ2) is 7.97. The number of hydrogen-bond donors (Lipinski definition) is 2. The van der Waals surface area contributed by atoms with Crippen molar-refractivity contribution in [2.24, 2.45) is 5.10 Å². The average Bonchev–Trinajstić information content (AvgIpc) is 3.28. The molecular formula is C16H13N5O3S. The van der Waals surface area contributed by atoms with Gasteiger partial charge in [0.05, 0.1) is 18.9 Å². The number of anilines is 1. The maximum Gasteiger partial charge on any atom is 0.257 e. The number of benzene rings is 1. The molecule has 2 N–H and O–H groups in total. The molecule has 0 unspecified atom stereocenters. The van der Waals surface area contributed by atoms with Gasteiger partial charge in [-0.25, -0.2) is 5.43 Å². The predicted octanol–water partition coefficient (Wildman–Crippen LogP) is 2.08. The predicted molar refractivity (Wildman–Crippen MR) is 92.5 cm³/mol. The van der Waals surface area contributed by atoms with Crippen molar-refractivity contribution in [3.05, 3.63) is 65.1 Å². The van der Waals surface area contributed by atoms with Crippen LogP contribution in [-0.2, 0) is 11.2 Å². The van der Waals surface area contributed by atoms with Gasteiger partial charge in [0, 0.05) is 5.56 Å². The Morgan fingerprint density at radius 2 is 2.00 bits per heavy atom. The van der Waals surface area contributed by atoms with Crippen molar-refractivity contribution in [3.63, 3.8) is 0 Å². The van der Waals surface area contributed by atoms with Crippen molar-refractivity contribution < 1.29 is 14.0 Å². The number of nitrogens with zero attached hydrogens (tertiary/aromatic N) is 3. The van der Waals surface area contributed by atoms with Gasteiger partial charge in [0.25, 0.3) is 5.91 Å². The SMILES string of the molecule is O=C(Cc1nnc(NC(=O)c2ccccc2)s1)N/N=C\c1ccco1. The first-order valence-corrected chi connectivity index (χ1v) is 8.06. The van der Waals surface area contributed by atoms with Crippen LogP contribution in [0.1, 0.15) is 21.1 Å². The molecule has 2 amide bonds. The minimum Gasteiger partial charge on any atom is -0.463 e. The third kappa shape index (κ3) is 4.82. The molecule has 0 saturated heterocycles. The van der Waals surface area contributed by atoms with Gasteiger partial charge in [0.15, 0.2) is 0 Å². The summed E-state index contributed by atoms with van der Waals surface area (Å²) >= 11 is 1.13. The fourth-order valence-electron chi connectivity index (χ4n) is 1.84. The number of carbonyl (C=O) groups excluding carboxylic acids is 2. The number of furan rings is 1. The van der Waals surface area contributed by atoms with Crippen LogP contribution < -0.4 is 10.7 Å². The zero-order valence-electron chi connectivity index (χ0n) is 12.9. The molecule has 0 saturated carbocycles. The minimum absolute atomic E-state index is 0.00830. The Kier molecular flexibility index (Phi) is 5.27. The summed E-state index contributed by atoms with van der Waals surface area (Å²) in [6.45, 7) is 0. The minimum atomic E-state index is -0.347. The van der Waals surface area contributed by atoms with Gasteiger partial charge in [-0.15, -0.1) is 10.2 Å². The molecule has 9 heteroatoms. The van der Waals surface area contributed by atoms with Crippen LogP contribution in [0.25, 0.3) is 0 Å². The van der Waals surface area contributed by atoms with E-state index < -0.39 is 0 Å². The van der Waals surface area contributed by atoms with Gasteiger partial charge in [-0.05, 0) is 24.3 Å². The summed E-state index contributed by atoms with van der Waals surface area (Å²) in [4.78, 5) is 23.8. The van der Waals surface area contributed by atoms with Crippen LogP contribution in [0.15, 0.2) is 58.2 Å². The standard InChI is InChI=1S/C16H13N5O3S/c22-13(19-17-10-12-7-4-8-24-12)9-14-20-21-16(25-14)18-15(23)11-5-2-1-3-6-11/h1-8,10H,9H2,(H,19,22)(H,18,21,23)/b17-10-. The maximum atomic E-state index is 12.0. The van der Waals surface area contributed by atoms with Crippen molar-refractivity contribution in [1.29, 1.82) is 0 Å². The summed E-state index contributed by atoms with van der Waals surface area (Å²) in [7, 11) is 0. The fraction of sp³-hybridized carbons (Fsp3) is 0.0625. The Morgan fingerprint density at radius 1 is 1.16 bits per heavy atom. The lowest BCUT2D eigenvalue weighted by Crippen LogP contribution is -2.19. The summed E-state index contributed by atoms with van der Waals surface area (Å²) in [5.41, 5.74) is 2.89. The smallest absolute Gasteiger partial charge is 0.257 e. The van der Waals surface area contributed by atoms with Gasteiger partial charge in [0.2, 0.25) is 11.0 Å². The molecular weight excluding hydrogens is 342 g/mol. The Labute approximate surface area is 146 Å². The van der Waals surface area contributed by atoms with Crippen molar-refractivity contribution in [2.45, 2.75) is 6.42 Å². The van der Waals surface area contributed by atoms with Crippen molar-refractivity contribution in [1.82, 2.24) is 15.6 Å². The number of rotatable bonds is 6. The van der Waals surface area contributed by atoms with Crippen LogP contribution in [0.3, 0.4) is 0 Å². The molecule has 3 aromatic rings. The second-order valence-electron chi connectivity index (χ2n) is 4.81. The molecule has 25 heavy (non-hydrogen) atoms. The number of carbonyl (C=O) groups is 2. The number of hydrazone groups is 1. The van der Waals surface area contributed by atoms with Crippen LogP contribution in [0.5, 0.6) is 0 Å². The normalized spacial score (nSPS) is 10.7. The van der Waals surface area contributed by atoms with Gasteiger partial charge < -0.3 is 4.42 Å². The molecule has 0 aliphatic heterocycles. The van der Waals surface area contributed by atoms with Crippen LogP contribution in [-0.4, -0.2) is 28.2 Å². The molecule has 0 spiro atoms. The van der Waals surface area contributed by atoms with E-state index in [1.54, 1.807) is 36.4 Å². The third-order valence-electron chi connectivity index (χ3n) is 2.96. The van der Waals surface area contributed by atoms with Crippen molar-refractivity contribution in [2.75, 3.05) is 5.32 Å². The van der Waals surface area contributed by atoms with E-state index in [1.807, 2.05) is 6.07 Å². The summed E-state index contributed by atoms with van der Waals surface area (Å²) < 4.78 is 5.05. The van der Waals surface area contributed by atoms with Gasteiger partial charge in [-0.2, -0.15) is 5.10 Å². The Bertz CT molecular complexity index is 874. The molecule has 126 valence electrons. The zero-order chi connectivity index (χ0) is 17.5. The number of amides is 2. The van der Waals surface area contributed by atoms with E-state index in [0.29, 0.717) is 21.5 Å². The van der Waals surface area contributed by atoms with Crippen LogP contribution in [0, 0.1) is 0 Å². The largest absolute Gasteiger partial charge is 0.463 e. The highest BCUT2D eigenvalue weighted by Crippen LogP contribution is 2.16. The first kappa shape index (κ1) is 16.5. The molecule has 8 nitrogen and oxygen atoms in total. The topological polar surface area (TPSA) is 109 Å². The van der Waals surface area contributed by atoms with Crippen LogP contribution in [0.4, 0.5) is 5.13 Å². The summed E-state index contributed by atoms with van der Waals surface area (Å²) in [6.07, 6.45) is 2.91. The van der Waals surface area contributed by atoms with Crippen LogP contribution in [0.2, 0.25) is 0 Å². The first-order valence-electron chi connectivity index (χ1n) is 7.25. The molecule has 0 aliphatic carbocycles. The van der Waals surface area contributed by atoms with Crippen molar-refractivity contribution in [3.8, 4) is 0 Å². The third-order valence-corrected chi connectivity index (χ3v) is 3.80. The first-order chi connectivity index (χ1) is 12.2. The molecule has 1 aromatic carbocycles. The average molecular weight is 355 g/mol. The monoisotopic (exact) mass is 355 g/mol. The number of aromatic nitrogens is 2. The number of nitrogens with one attached hydrogen (secondary N) is 2. The quantitative estimate of drug-likeness (QED) is 0.520. The highest BCUT2D eigenvalue weighted by Gasteiger charge is 2.12. The molecule has 0 fully saturated rings. The Hall–Kier alpha value is -3.33. The Balaban J connectivity index is 1.51. The lowest BCUT2D eigenvalue weighted by Gasteiger charge is -1.99. The molecule has 0 atom stereocenters. The fourth-order valence-corrected chi connectivity index (χ4v) is 2.58.